The summed E-state index contributed by atoms with van der Waals surface area (Å²) in [4.78, 5) is 8.12. The quantitative estimate of drug-likeness (QED) is 0.912. The van der Waals surface area contributed by atoms with E-state index in [4.69, 9.17) is 9.72 Å². The minimum Gasteiger partial charge on any atom is -0.391 e. The first-order valence-electron chi connectivity index (χ1n) is 6.68. The van der Waals surface area contributed by atoms with E-state index >= 15 is 0 Å². The van der Waals surface area contributed by atoms with E-state index in [0.29, 0.717) is 5.92 Å². The number of hydrogen-bond donors (Lipinski definition) is 1. The van der Waals surface area contributed by atoms with E-state index in [0.717, 1.165) is 28.8 Å². The summed E-state index contributed by atoms with van der Waals surface area (Å²) in [6, 6.07) is 0. The molecule has 5 heteroatoms. The van der Waals surface area contributed by atoms with Crippen LogP contribution in [0, 0.1) is 0 Å². The highest BCUT2D eigenvalue weighted by Crippen LogP contribution is 2.44. The maximum Gasteiger partial charge on any atom is 0.186 e. The number of morpholine rings is 1. The molecule has 0 amide bonds. The molecule has 1 saturated carbocycles. The van der Waals surface area contributed by atoms with Gasteiger partial charge in [0.1, 0.15) is 0 Å². The van der Waals surface area contributed by atoms with Crippen molar-refractivity contribution in [1.29, 1.82) is 0 Å². The van der Waals surface area contributed by atoms with Gasteiger partial charge in [-0.3, -0.25) is 0 Å². The summed E-state index contributed by atoms with van der Waals surface area (Å²) in [5, 5.41) is 10.5. The van der Waals surface area contributed by atoms with Crippen molar-refractivity contribution >= 4 is 16.5 Å². The van der Waals surface area contributed by atoms with Gasteiger partial charge in [-0.1, -0.05) is 11.3 Å². The summed E-state index contributed by atoms with van der Waals surface area (Å²) in [6.45, 7) is 6.12. The van der Waals surface area contributed by atoms with Gasteiger partial charge in [-0.2, -0.15) is 0 Å². The number of nitrogens with zero attached hydrogens (tertiary/aromatic N) is 2. The fourth-order valence-electron chi connectivity index (χ4n) is 2.61. The maximum absolute atomic E-state index is 9.44. The first-order valence-corrected chi connectivity index (χ1v) is 7.50. The number of aliphatic hydroxyl groups excluding tert-OH is 1. The monoisotopic (exact) mass is 268 g/mol. The van der Waals surface area contributed by atoms with Crippen LogP contribution in [0.2, 0.25) is 0 Å². The van der Waals surface area contributed by atoms with Gasteiger partial charge in [-0.25, -0.2) is 4.98 Å². The average Bonchev–Trinajstić information content (AvgIpc) is 3.07. The Morgan fingerprint density at radius 3 is 2.56 bits per heavy atom. The number of aliphatic hydroxyl groups is 1. The number of aromatic nitrogens is 1. The van der Waals surface area contributed by atoms with Gasteiger partial charge < -0.3 is 14.7 Å². The van der Waals surface area contributed by atoms with Gasteiger partial charge in [0.2, 0.25) is 0 Å². The van der Waals surface area contributed by atoms with Crippen LogP contribution < -0.4 is 4.90 Å². The number of hydrogen-bond acceptors (Lipinski definition) is 5. The lowest BCUT2D eigenvalue weighted by Crippen LogP contribution is -2.45. The lowest BCUT2D eigenvalue weighted by atomic mass is 10.2. The van der Waals surface area contributed by atoms with Crippen molar-refractivity contribution in [2.75, 3.05) is 18.0 Å². The molecule has 2 unspecified atom stereocenters. The summed E-state index contributed by atoms with van der Waals surface area (Å²) in [6.07, 6.45) is 2.96. The molecule has 100 valence electrons. The van der Waals surface area contributed by atoms with Crippen LogP contribution in [0.4, 0.5) is 5.13 Å². The Hall–Kier alpha value is -0.650. The third-order valence-electron chi connectivity index (χ3n) is 3.51. The SMILES string of the molecule is CC1CN(c2nc(C3CC3)c(CO)s2)CC(C)O1. The van der Waals surface area contributed by atoms with Crippen molar-refractivity contribution in [3.05, 3.63) is 10.6 Å². The van der Waals surface area contributed by atoms with Crippen LogP contribution in [0.15, 0.2) is 0 Å². The summed E-state index contributed by atoms with van der Waals surface area (Å²) in [7, 11) is 0. The first kappa shape index (κ1) is 12.4. The fourth-order valence-corrected chi connectivity index (χ4v) is 3.63. The zero-order chi connectivity index (χ0) is 12.7. The van der Waals surface area contributed by atoms with Gasteiger partial charge in [-0.15, -0.1) is 0 Å². The van der Waals surface area contributed by atoms with Crippen LogP contribution >= 0.6 is 11.3 Å². The van der Waals surface area contributed by atoms with E-state index in [2.05, 4.69) is 18.7 Å². The Labute approximate surface area is 112 Å². The molecule has 1 N–H and O–H groups in total. The van der Waals surface area contributed by atoms with Crippen LogP contribution in [-0.2, 0) is 11.3 Å². The second-order valence-corrected chi connectivity index (χ2v) is 6.46. The average molecular weight is 268 g/mol. The minimum absolute atomic E-state index is 0.124. The molecule has 1 aromatic rings. The van der Waals surface area contributed by atoms with Crippen molar-refractivity contribution in [2.45, 2.75) is 51.4 Å². The molecule has 18 heavy (non-hydrogen) atoms. The van der Waals surface area contributed by atoms with Gasteiger partial charge in [0, 0.05) is 19.0 Å². The molecule has 1 aromatic heterocycles. The Morgan fingerprint density at radius 2 is 2.00 bits per heavy atom. The van der Waals surface area contributed by atoms with Crippen molar-refractivity contribution in [3.63, 3.8) is 0 Å². The number of rotatable bonds is 3. The zero-order valence-electron chi connectivity index (χ0n) is 10.9. The molecule has 1 aliphatic carbocycles. The molecule has 1 saturated heterocycles. The summed E-state index contributed by atoms with van der Waals surface area (Å²) < 4.78 is 5.75. The van der Waals surface area contributed by atoms with E-state index in [9.17, 15) is 5.11 Å². The van der Waals surface area contributed by atoms with Crippen LogP contribution in [0.5, 0.6) is 0 Å². The van der Waals surface area contributed by atoms with Gasteiger partial charge in [0.15, 0.2) is 5.13 Å². The smallest absolute Gasteiger partial charge is 0.186 e. The molecular weight excluding hydrogens is 248 g/mol. The first-order chi connectivity index (χ1) is 8.67. The molecule has 3 rings (SSSR count). The van der Waals surface area contributed by atoms with Gasteiger partial charge in [0.05, 0.1) is 29.4 Å². The molecule has 0 aromatic carbocycles. The van der Waals surface area contributed by atoms with E-state index in [1.165, 1.54) is 12.8 Å². The second-order valence-electron chi connectivity index (χ2n) is 5.40. The third-order valence-corrected chi connectivity index (χ3v) is 4.63. The molecule has 2 heterocycles. The van der Waals surface area contributed by atoms with E-state index in [1.807, 2.05) is 0 Å². The van der Waals surface area contributed by atoms with Crippen LogP contribution in [0.3, 0.4) is 0 Å². The molecule has 2 atom stereocenters. The molecule has 4 nitrogen and oxygen atoms in total. The predicted octanol–water partition coefficient (Wildman–Crippen LogP) is 2.13. The molecule has 1 aliphatic heterocycles. The number of thiazole rings is 1. The van der Waals surface area contributed by atoms with Crippen molar-refractivity contribution in [1.82, 2.24) is 4.98 Å². The molecule has 2 aliphatic rings. The van der Waals surface area contributed by atoms with E-state index < -0.39 is 0 Å². The van der Waals surface area contributed by atoms with Crippen LogP contribution in [0.1, 0.15) is 43.2 Å². The second kappa shape index (κ2) is 4.79. The zero-order valence-corrected chi connectivity index (χ0v) is 11.7. The molecule has 0 radical (unpaired) electrons. The Kier molecular flexibility index (Phi) is 3.30. The molecule has 0 spiro atoms. The van der Waals surface area contributed by atoms with E-state index in [1.54, 1.807) is 11.3 Å². The maximum atomic E-state index is 9.44. The summed E-state index contributed by atoms with van der Waals surface area (Å²) in [5.41, 5.74) is 1.14. The highest BCUT2D eigenvalue weighted by Gasteiger charge is 2.31. The highest BCUT2D eigenvalue weighted by atomic mass is 32.1. The minimum atomic E-state index is 0.124. The Morgan fingerprint density at radius 1 is 1.33 bits per heavy atom. The molecule has 2 fully saturated rings. The van der Waals surface area contributed by atoms with Gasteiger partial charge in [-0.05, 0) is 26.7 Å². The van der Waals surface area contributed by atoms with Crippen molar-refractivity contribution < 1.29 is 9.84 Å². The van der Waals surface area contributed by atoms with Crippen LogP contribution in [-0.4, -0.2) is 35.4 Å². The third kappa shape index (κ3) is 2.39. The van der Waals surface area contributed by atoms with Gasteiger partial charge >= 0.3 is 0 Å². The van der Waals surface area contributed by atoms with Crippen molar-refractivity contribution in [3.8, 4) is 0 Å². The molecule has 0 bridgehead atoms. The predicted molar refractivity (Wildman–Crippen MR) is 72.2 cm³/mol. The summed E-state index contributed by atoms with van der Waals surface area (Å²) in [5.74, 6) is 0.605. The van der Waals surface area contributed by atoms with Crippen LogP contribution in [0.25, 0.3) is 0 Å². The fraction of sp³-hybridized carbons (Fsp3) is 0.769. The normalized spacial score (nSPS) is 28.7. The standard InChI is InChI=1S/C13H20N2O2S/c1-8-5-15(6-9(2)17-8)13-14-12(10-3-4-10)11(7-16)18-13/h8-10,16H,3-7H2,1-2H3. The number of anilines is 1. The number of ether oxygens (including phenoxy) is 1. The van der Waals surface area contributed by atoms with Gasteiger partial charge in [0.25, 0.3) is 0 Å². The van der Waals surface area contributed by atoms with Crippen molar-refractivity contribution in [2.24, 2.45) is 0 Å². The highest BCUT2D eigenvalue weighted by molar-refractivity contribution is 7.15. The largest absolute Gasteiger partial charge is 0.391 e. The van der Waals surface area contributed by atoms with E-state index in [-0.39, 0.29) is 18.8 Å². The Balaban J connectivity index is 1.82. The lowest BCUT2D eigenvalue weighted by molar-refractivity contribution is -0.00523. The lowest BCUT2D eigenvalue weighted by Gasteiger charge is -2.35. The summed E-state index contributed by atoms with van der Waals surface area (Å²) >= 11 is 1.65. The molecular formula is C13H20N2O2S. The Bertz CT molecular complexity index is 421. The topological polar surface area (TPSA) is 45.6 Å².